The first kappa shape index (κ1) is 47.5. The number of anilines is 4. The van der Waals surface area contributed by atoms with Gasteiger partial charge in [-0.05, 0) is 74.7 Å². The number of unbranched alkanes of at least 4 members (excludes halogenated alkanes) is 1. The van der Waals surface area contributed by atoms with Crippen molar-refractivity contribution in [3.63, 3.8) is 0 Å². The Bertz CT molecular complexity index is 3140. The van der Waals surface area contributed by atoms with Crippen LogP contribution in [0.4, 0.5) is 23.5 Å². The van der Waals surface area contributed by atoms with Crippen molar-refractivity contribution in [2.75, 3.05) is 74.0 Å². The van der Waals surface area contributed by atoms with Gasteiger partial charge in [-0.3, -0.25) is 19.2 Å². The number of fused-ring (bicyclic) bond motifs is 2. The van der Waals surface area contributed by atoms with E-state index in [0.717, 1.165) is 25.0 Å². The number of carboxylic acid groups (broad SMARTS) is 2. The van der Waals surface area contributed by atoms with Crippen LogP contribution in [0.1, 0.15) is 54.0 Å². The van der Waals surface area contributed by atoms with Gasteiger partial charge in [0.2, 0.25) is 29.7 Å². The van der Waals surface area contributed by atoms with Crippen LogP contribution in [0.15, 0.2) is 76.2 Å². The minimum atomic E-state index is -1.23. The molecule has 1 atom stereocenters. The Morgan fingerprint density at radius 1 is 0.775 bits per heavy atom. The van der Waals surface area contributed by atoms with Gasteiger partial charge in [-0.25, -0.2) is 14.2 Å². The van der Waals surface area contributed by atoms with Gasteiger partial charge in [0.05, 0.1) is 23.4 Å². The van der Waals surface area contributed by atoms with E-state index in [1.807, 2.05) is 9.80 Å². The van der Waals surface area contributed by atoms with Gasteiger partial charge in [0.1, 0.15) is 29.7 Å². The quantitative estimate of drug-likeness (QED) is 0.0647. The van der Waals surface area contributed by atoms with Crippen LogP contribution in [-0.2, 0) is 33.8 Å². The lowest BCUT2D eigenvalue weighted by Gasteiger charge is -2.37. The largest absolute Gasteiger partial charge is 0.508 e. The number of piperazine rings is 2. The summed E-state index contributed by atoms with van der Waals surface area (Å²) >= 11 is 0. The van der Waals surface area contributed by atoms with E-state index in [2.05, 4.69) is 25.9 Å². The van der Waals surface area contributed by atoms with E-state index in [9.17, 15) is 34.2 Å². The normalized spacial score (nSPS) is 14.6. The van der Waals surface area contributed by atoms with Crippen molar-refractivity contribution < 1.29 is 38.9 Å². The van der Waals surface area contributed by atoms with E-state index in [1.54, 1.807) is 58.1 Å². The predicted molar refractivity (Wildman–Crippen MR) is 257 cm³/mol. The second-order valence-electron chi connectivity index (χ2n) is 17.4. The lowest BCUT2D eigenvalue weighted by atomic mass is 9.90. The number of aliphatic carboxylic acids is 1. The molecule has 24 heteroatoms. The monoisotopic (exact) mass is 969 g/mol. The number of phenolic OH excluding ortho intramolecular Hbond substituents is 1. The molecule has 0 radical (unpaired) electrons. The second kappa shape index (κ2) is 20.6. The topological polar surface area (TPSA) is 310 Å². The summed E-state index contributed by atoms with van der Waals surface area (Å²) in [6.07, 6.45) is 5.95. The number of nitrogens with one attached hydrogen (secondary N) is 1. The fourth-order valence-electron chi connectivity index (χ4n) is 8.72. The number of hydrogen-bond donors (Lipinski definition) is 5. The molecule has 6 N–H and O–H groups in total. The third-order valence-electron chi connectivity index (χ3n) is 12.5. The van der Waals surface area contributed by atoms with Crippen molar-refractivity contribution in [2.24, 2.45) is 5.73 Å². The fourth-order valence-corrected chi connectivity index (χ4v) is 8.72. The number of aromatic nitrogens is 9. The van der Waals surface area contributed by atoms with E-state index in [-0.39, 0.29) is 65.2 Å². The minimum absolute atomic E-state index is 0.0433. The van der Waals surface area contributed by atoms with Gasteiger partial charge in [-0.15, -0.1) is 10.2 Å². The number of amides is 2. The van der Waals surface area contributed by atoms with Crippen molar-refractivity contribution in [1.29, 1.82) is 0 Å². The molecule has 9 rings (SSSR count). The molecule has 5 aromatic rings. The number of carbonyl (C=O) groups excluding carboxylic acids is 2. The Labute approximate surface area is 404 Å². The third kappa shape index (κ3) is 10.7. The van der Waals surface area contributed by atoms with Crippen LogP contribution < -0.4 is 26.3 Å². The second-order valence-corrected chi connectivity index (χ2v) is 17.4. The number of rotatable bonds is 17. The summed E-state index contributed by atoms with van der Waals surface area (Å²) in [5, 5.41) is 50.2. The molecule has 71 heavy (non-hydrogen) atoms. The van der Waals surface area contributed by atoms with Gasteiger partial charge < -0.3 is 50.4 Å². The van der Waals surface area contributed by atoms with Crippen LogP contribution in [0.5, 0.6) is 5.75 Å². The Kier molecular flexibility index (Phi) is 13.8. The average molecular weight is 970 g/mol. The van der Waals surface area contributed by atoms with Gasteiger partial charge in [-0.2, -0.15) is 15.0 Å². The number of carboxylic acids is 2. The highest BCUT2D eigenvalue weighted by Gasteiger charge is 2.30. The van der Waals surface area contributed by atoms with Crippen molar-refractivity contribution in [3.8, 4) is 28.2 Å². The molecule has 2 fully saturated rings. The van der Waals surface area contributed by atoms with Gasteiger partial charge in [0.15, 0.2) is 5.43 Å². The van der Waals surface area contributed by atoms with Crippen molar-refractivity contribution in [3.05, 3.63) is 94.2 Å². The summed E-state index contributed by atoms with van der Waals surface area (Å²) in [5.41, 5.74) is 8.44. The molecule has 0 bridgehead atoms. The van der Waals surface area contributed by atoms with Gasteiger partial charge in [0, 0.05) is 106 Å². The Hall–Kier alpha value is -8.54. The first-order valence-electron chi connectivity index (χ1n) is 23.2. The lowest BCUT2D eigenvalue weighted by Crippen LogP contribution is -2.51. The number of carbonyl (C=O) groups is 4. The Morgan fingerprint density at radius 2 is 1.46 bits per heavy atom. The zero-order valence-corrected chi connectivity index (χ0v) is 38.7. The molecule has 1 aliphatic carbocycles. The van der Waals surface area contributed by atoms with E-state index in [1.165, 1.54) is 35.0 Å². The number of nitrogens with two attached hydrogens (primary N) is 1. The molecule has 3 aliphatic heterocycles. The number of aromatic carboxylic acids is 1. The van der Waals surface area contributed by atoms with E-state index in [0.29, 0.717) is 104 Å². The molecule has 24 nitrogen and oxygen atoms in total. The highest BCUT2D eigenvalue weighted by Crippen LogP contribution is 2.42. The standard InChI is InChI=1S/C47H51N15O9/c1-28(62-26-31(54-56-62)6-12-41(66)67)43(68)58-16-20-60(21-17-58)47-51-45(50-46(52-47)59-18-14-57(15-19-59)40(65)27-61-25-30(53-55-61)4-2-3-13-48)49-29-5-9-34(37(22-29)44(69)70)42-35-10-7-32(63)23-38(35)71-39-24-33(64)8-11-36(39)42/h5,7-11,22-26,28,63H,2-4,6,12-21,27,48H2,1H3,(H,66,67)(H,69,70)(H,49,50,51,52)/t28-/m0/s1. The fraction of sp³-hybridized carbons (Fsp3) is 0.362. The Morgan fingerprint density at radius 3 is 2.17 bits per heavy atom. The third-order valence-corrected chi connectivity index (χ3v) is 12.5. The molecular formula is C47H51N15O9. The van der Waals surface area contributed by atoms with Gasteiger partial charge in [-0.1, -0.05) is 16.5 Å². The number of aromatic hydroxyl groups is 1. The first-order chi connectivity index (χ1) is 34.3. The van der Waals surface area contributed by atoms with Crippen LogP contribution >= 0.6 is 0 Å². The van der Waals surface area contributed by atoms with E-state index in [4.69, 9.17) is 30.2 Å². The number of nitrogens with zero attached hydrogens (tertiary/aromatic N) is 13. The van der Waals surface area contributed by atoms with Crippen LogP contribution in [0.25, 0.3) is 33.4 Å². The highest BCUT2D eigenvalue weighted by molar-refractivity contribution is 6.08. The number of aryl methyl sites for hydroxylation is 2. The Balaban J connectivity index is 0.966. The molecule has 2 aromatic carbocycles. The summed E-state index contributed by atoms with van der Waals surface area (Å²) < 4.78 is 8.97. The maximum atomic E-state index is 13.7. The summed E-state index contributed by atoms with van der Waals surface area (Å²) in [6, 6.07) is 12.9. The molecular weight excluding hydrogens is 919 g/mol. The zero-order chi connectivity index (χ0) is 49.8. The molecule has 0 spiro atoms. The van der Waals surface area contributed by atoms with Crippen LogP contribution in [-0.4, -0.2) is 153 Å². The smallest absolute Gasteiger partial charge is 0.336 e. The average Bonchev–Trinajstić information content (AvgIpc) is 4.04. The van der Waals surface area contributed by atoms with Crippen molar-refractivity contribution in [2.45, 2.75) is 51.6 Å². The lowest BCUT2D eigenvalue weighted by molar-refractivity contribution is -0.137. The summed E-state index contributed by atoms with van der Waals surface area (Å²) in [4.78, 5) is 85.4. The summed E-state index contributed by atoms with van der Waals surface area (Å²) in [5.74, 6) is -1.58. The molecule has 0 unspecified atom stereocenters. The zero-order valence-electron chi connectivity index (χ0n) is 38.7. The number of benzene rings is 3. The highest BCUT2D eigenvalue weighted by atomic mass is 16.4. The molecule has 368 valence electrons. The molecule has 3 aromatic heterocycles. The summed E-state index contributed by atoms with van der Waals surface area (Å²) in [6.45, 7) is 5.26. The molecule has 2 saturated heterocycles. The number of hydrogen-bond acceptors (Lipinski definition) is 18. The van der Waals surface area contributed by atoms with Crippen molar-refractivity contribution in [1.82, 2.24) is 54.7 Å². The number of phenols is 1. The SMILES string of the molecule is C[C@@H](C(=O)N1CCN(c2nc(Nc3ccc(-c4c5ccc(=O)cc-5oc5cc(O)ccc45)c(C(=O)O)c3)nc(N3CCN(C(=O)Cn4cc(CCCCN)nn4)CC3)n2)CC1)n1cc(CCC(=O)O)nn1. The van der Waals surface area contributed by atoms with Crippen LogP contribution in [0, 0.1) is 0 Å². The first-order valence-corrected chi connectivity index (χ1v) is 23.2. The van der Waals surface area contributed by atoms with Crippen LogP contribution in [0.3, 0.4) is 0 Å². The molecule has 2 amide bonds. The van der Waals surface area contributed by atoms with Crippen LogP contribution in [0.2, 0.25) is 0 Å². The minimum Gasteiger partial charge on any atom is -0.508 e. The predicted octanol–water partition coefficient (Wildman–Crippen LogP) is 2.64. The van der Waals surface area contributed by atoms with E-state index < -0.39 is 18.0 Å². The molecule has 4 aliphatic rings. The van der Waals surface area contributed by atoms with Gasteiger partial charge in [0.25, 0.3) is 0 Å². The van der Waals surface area contributed by atoms with E-state index >= 15 is 0 Å². The molecule has 0 saturated carbocycles. The molecule has 6 heterocycles. The maximum Gasteiger partial charge on any atom is 0.336 e. The van der Waals surface area contributed by atoms with Crippen molar-refractivity contribution >= 4 is 58.3 Å². The van der Waals surface area contributed by atoms with Gasteiger partial charge >= 0.3 is 11.9 Å². The summed E-state index contributed by atoms with van der Waals surface area (Å²) in [7, 11) is 0. The maximum absolute atomic E-state index is 13.7.